The molecule has 1 heterocycles. The highest BCUT2D eigenvalue weighted by atomic mass is 35.5. The molecule has 1 aromatic heterocycles. The summed E-state index contributed by atoms with van der Waals surface area (Å²) in [5.41, 5.74) is 12.5. The van der Waals surface area contributed by atoms with Crippen molar-refractivity contribution in [2.24, 2.45) is 0 Å². The molecular formula is C18H15ClN6O3. The summed E-state index contributed by atoms with van der Waals surface area (Å²) < 4.78 is 0. The third-order valence-electron chi connectivity index (χ3n) is 3.68. The molecule has 0 radical (unpaired) electrons. The molecule has 0 fully saturated rings. The number of nitrogen functional groups attached to an aromatic ring is 1. The second-order valence-electron chi connectivity index (χ2n) is 5.58. The number of carbonyl (C=O) groups excluding carboxylic acids is 1. The van der Waals surface area contributed by atoms with Crippen LogP contribution in [0.2, 0.25) is 5.02 Å². The smallest absolute Gasteiger partial charge is 0.335 e. The zero-order chi connectivity index (χ0) is 20.1. The van der Waals surface area contributed by atoms with Crippen molar-refractivity contribution in [3.63, 3.8) is 0 Å². The number of halogens is 1. The Kier molecular flexibility index (Phi) is 5.56. The van der Waals surface area contributed by atoms with Crippen LogP contribution in [0.1, 0.15) is 20.7 Å². The zero-order valence-electron chi connectivity index (χ0n) is 14.3. The van der Waals surface area contributed by atoms with E-state index >= 15 is 0 Å². The van der Waals surface area contributed by atoms with Crippen molar-refractivity contribution >= 4 is 46.5 Å². The summed E-state index contributed by atoms with van der Waals surface area (Å²) in [6, 6.07) is 12.4. The molecule has 28 heavy (non-hydrogen) atoms. The van der Waals surface area contributed by atoms with Gasteiger partial charge in [0, 0.05) is 16.3 Å². The maximum atomic E-state index is 12.1. The van der Waals surface area contributed by atoms with E-state index in [0.717, 1.165) is 0 Å². The van der Waals surface area contributed by atoms with Crippen LogP contribution in [0.4, 0.5) is 23.0 Å². The van der Waals surface area contributed by atoms with Crippen LogP contribution >= 0.6 is 11.6 Å². The van der Waals surface area contributed by atoms with Crippen LogP contribution in [0.5, 0.6) is 0 Å². The van der Waals surface area contributed by atoms with Crippen molar-refractivity contribution in [2.75, 3.05) is 16.5 Å². The topological polar surface area (TPSA) is 142 Å². The molecule has 0 aliphatic carbocycles. The van der Waals surface area contributed by atoms with Gasteiger partial charge in [0.15, 0.2) is 11.6 Å². The van der Waals surface area contributed by atoms with Gasteiger partial charge < -0.3 is 16.2 Å². The summed E-state index contributed by atoms with van der Waals surface area (Å²) in [4.78, 5) is 31.1. The summed E-state index contributed by atoms with van der Waals surface area (Å²) >= 11 is 5.80. The molecule has 0 aliphatic heterocycles. The van der Waals surface area contributed by atoms with Gasteiger partial charge in [0.25, 0.3) is 5.91 Å². The fourth-order valence-electron chi connectivity index (χ4n) is 2.22. The van der Waals surface area contributed by atoms with Crippen LogP contribution in [-0.4, -0.2) is 27.0 Å². The minimum absolute atomic E-state index is 0.161. The summed E-state index contributed by atoms with van der Waals surface area (Å²) in [5, 5.41) is 12.4. The number of carboxylic acids is 1. The van der Waals surface area contributed by atoms with Gasteiger partial charge in [0.05, 0.1) is 5.56 Å². The average Bonchev–Trinajstić information content (AvgIpc) is 2.69. The van der Waals surface area contributed by atoms with Gasteiger partial charge in [-0.25, -0.2) is 14.8 Å². The van der Waals surface area contributed by atoms with Crippen LogP contribution in [0.3, 0.4) is 0 Å². The Morgan fingerprint density at radius 3 is 2.18 bits per heavy atom. The highest BCUT2D eigenvalue weighted by Crippen LogP contribution is 2.25. The van der Waals surface area contributed by atoms with Crippen molar-refractivity contribution < 1.29 is 14.7 Å². The summed E-state index contributed by atoms with van der Waals surface area (Å²) in [5.74, 6) is -0.923. The molecule has 0 unspecified atom stereocenters. The summed E-state index contributed by atoms with van der Waals surface area (Å²) in [7, 11) is 0. The van der Waals surface area contributed by atoms with Gasteiger partial charge in [-0.15, -0.1) is 0 Å². The van der Waals surface area contributed by atoms with Gasteiger partial charge in [-0.05, 0) is 48.5 Å². The molecule has 0 spiro atoms. The summed E-state index contributed by atoms with van der Waals surface area (Å²) in [6.07, 6.45) is 1.26. The Labute approximate surface area is 164 Å². The Morgan fingerprint density at radius 1 is 0.929 bits per heavy atom. The van der Waals surface area contributed by atoms with Gasteiger partial charge >= 0.3 is 5.97 Å². The fraction of sp³-hybridized carbons (Fsp3) is 0. The number of aromatic nitrogens is 2. The Hall–Kier alpha value is -3.85. The van der Waals surface area contributed by atoms with E-state index in [0.29, 0.717) is 22.1 Å². The van der Waals surface area contributed by atoms with Crippen molar-refractivity contribution in [2.45, 2.75) is 0 Å². The molecule has 6 N–H and O–H groups in total. The van der Waals surface area contributed by atoms with E-state index in [1.54, 1.807) is 36.4 Å². The van der Waals surface area contributed by atoms with Crippen LogP contribution in [0.15, 0.2) is 54.9 Å². The monoisotopic (exact) mass is 398 g/mol. The van der Waals surface area contributed by atoms with Crippen LogP contribution in [0, 0.1) is 0 Å². The SMILES string of the molecule is Nc1c(NNC(=O)c2ccc(Cl)cc2)ncnc1Nc1ccc(C(=O)O)cc1. The third kappa shape index (κ3) is 4.46. The fourth-order valence-corrected chi connectivity index (χ4v) is 2.34. The van der Waals surface area contributed by atoms with E-state index in [1.807, 2.05) is 0 Å². The number of hydrogen-bond donors (Lipinski definition) is 5. The average molecular weight is 399 g/mol. The lowest BCUT2D eigenvalue weighted by Crippen LogP contribution is -2.30. The minimum Gasteiger partial charge on any atom is -0.478 e. The Balaban J connectivity index is 1.69. The number of benzene rings is 2. The van der Waals surface area contributed by atoms with Crippen molar-refractivity contribution in [3.8, 4) is 0 Å². The Bertz CT molecular complexity index is 1010. The minimum atomic E-state index is -1.02. The first kappa shape index (κ1) is 18.9. The third-order valence-corrected chi connectivity index (χ3v) is 3.93. The number of aromatic carboxylic acids is 1. The number of nitrogens with zero attached hydrogens (tertiary/aromatic N) is 2. The van der Waals surface area contributed by atoms with Crippen LogP contribution in [-0.2, 0) is 0 Å². The number of hydrogen-bond acceptors (Lipinski definition) is 7. The zero-order valence-corrected chi connectivity index (χ0v) is 15.1. The number of carboxylic acid groups (broad SMARTS) is 1. The van der Waals surface area contributed by atoms with Crippen molar-refractivity contribution in [1.82, 2.24) is 15.4 Å². The number of hydrazine groups is 1. The number of anilines is 4. The first-order chi connectivity index (χ1) is 13.4. The van der Waals surface area contributed by atoms with Crippen molar-refractivity contribution in [1.29, 1.82) is 0 Å². The maximum Gasteiger partial charge on any atom is 0.335 e. The number of amides is 1. The molecule has 2 aromatic carbocycles. The first-order valence-corrected chi connectivity index (χ1v) is 8.34. The molecule has 3 rings (SSSR count). The molecule has 0 aliphatic rings. The molecule has 3 aromatic rings. The highest BCUT2D eigenvalue weighted by molar-refractivity contribution is 6.30. The first-order valence-electron chi connectivity index (χ1n) is 7.97. The number of nitrogens with one attached hydrogen (secondary N) is 3. The lowest BCUT2D eigenvalue weighted by Gasteiger charge is -2.13. The molecule has 9 nitrogen and oxygen atoms in total. The molecule has 1 amide bonds. The van der Waals surface area contributed by atoms with E-state index in [4.69, 9.17) is 22.4 Å². The van der Waals surface area contributed by atoms with Gasteiger partial charge in [-0.2, -0.15) is 0 Å². The largest absolute Gasteiger partial charge is 0.478 e. The number of nitrogens with two attached hydrogens (primary N) is 1. The molecule has 0 bridgehead atoms. The normalized spacial score (nSPS) is 10.2. The second-order valence-corrected chi connectivity index (χ2v) is 6.01. The molecular weight excluding hydrogens is 384 g/mol. The lowest BCUT2D eigenvalue weighted by atomic mass is 10.2. The molecule has 0 saturated heterocycles. The van der Waals surface area contributed by atoms with Crippen LogP contribution in [0.25, 0.3) is 0 Å². The van der Waals surface area contributed by atoms with E-state index < -0.39 is 11.9 Å². The summed E-state index contributed by atoms with van der Waals surface area (Å²) in [6.45, 7) is 0. The van der Waals surface area contributed by atoms with Gasteiger partial charge in [0.1, 0.15) is 12.0 Å². The Morgan fingerprint density at radius 2 is 1.54 bits per heavy atom. The van der Waals surface area contributed by atoms with Crippen molar-refractivity contribution in [3.05, 3.63) is 71.0 Å². The predicted octanol–water partition coefficient (Wildman–Crippen LogP) is 2.91. The quantitative estimate of drug-likeness (QED) is 0.399. The molecule has 0 saturated carbocycles. The maximum absolute atomic E-state index is 12.1. The van der Waals surface area contributed by atoms with Gasteiger partial charge in [-0.1, -0.05) is 11.6 Å². The standard InChI is InChI=1S/C18H15ClN6O3/c19-12-5-1-10(2-6-12)17(26)25-24-16-14(20)15(21-9-22-16)23-13-7-3-11(4-8-13)18(27)28/h1-9H,20H2,(H,25,26)(H,27,28)(H2,21,22,23,24). The van der Waals surface area contributed by atoms with E-state index in [1.165, 1.54) is 18.5 Å². The highest BCUT2D eigenvalue weighted by Gasteiger charge is 2.11. The second kappa shape index (κ2) is 8.23. The van der Waals surface area contributed by atoms with Gasteiger partial charge in [0.2, 0.25) is 0 Å². The van der Waals surface area contributed by atoms with E-state index in [-0.39, 0.29) is 17.1 Å². The number of carbonyl (C=O) groups is 2. The molecule has 10 heteroatoms. The lowest BCUT2D eigenvalue weighted by molar-refractivity contribution is 0.0696. The van der Waals surface area contributed by atoms with E-state index in [2.05, 4.69) is 26.1 Å². The molecule has 142 valence electrons. The van der Waals surface area contributed by atoms with Gasteiger partial charge in [-0.3, -0.25) is 15.6 Å². The molecule has 0 atom stereocenters. The van der Waals surface area contributed by atoms with E-state index in [9.17, 15) is 9.59 Å². The number of rotatable bonds is 6. The predicted molar refractivity (Wildman–Crippen MR) is 106 cm³/mol. The van der Waals surface area contributed by atoms with Crippen LogP contribution < -0.4 is 21.9 Å².